The molecule has 0 amide bonds. The number of rotatable bonds is 8. The van der Waals surface area contributed by atoms with Crippen LogP contribution in [0.4, 0.5) is 11.5 Å². The fourth-order valence-corrected chi connectivity index (χ4v) is 5.09. The molecule has 6 rings (SSSR count). The van der Waals surface area contributed by atoms with Crippen molar-refractivity contribution in [3.8, 4) is 22.5 Å². The van der Waals surface area contributed by atoms with Crippen LogP contribution in [0.1, 0.15) is 35.4 Å². The van der Waals surface area contributed by atoms with Gasteiger partial charge in [0.15, 0.2) is 5.76 Å². The molecule has 5 aromatic rings. The first kappa shape index (κ1) is 24.6. The normalized spacial score (nSPS) is 13.7. The van der Waals surface area contributed by atoms with E-state index in [0.29, 0.717) is 19.3 Å². The number of carboxylic acids is 1. The summed E-state index contributed by atoms with van der Waals surface area (Å²) >= 11 is 0. The molecule has 0 unspecified atom stereocenters. The summed E-state index contributed by atoms with van der Waals surface area (Å²) in [6, 6.07) is 32.3. The second-order valence-corrected chi connectivity index (χ2v) is 10.2. The molecule has 1 N–H and O–H groups in total. The highest BCUT2D eigenvalue weighted by atomic mass is 16.5. The Morgan fingerprint density at radius 3 is 2.15 bits per heavy atom. The van der Waals surface area contributed by atoms with E-state index in [0.717, 1.165) is 56.5 Å². The Bertz CT molecular complexity index is 1620. The number of carbonyl (C=O) groups is 1. The van der Waals surface area contributed by atoms with Crippen LogP contribution in [0.15, 0.2) is 102 Å². The van der Waals surface area contributed by atoms with Gasteiger partial charge < -0.3 is 14.5 Å². The largest absolute Gasteiger partial charge is 0.481 e. The zero-order chi connectivity index (χ0) is 27.0. The van der Waals surface area contributed by atoms with Crippen LogP contribution in [0.2, 0.25) is 0 Å². The maximum atomic E-state index is 11.6. The molecule has 0 spiro atoms. The van der Waals surface area contributed by atoms with Gasteiger partial charge in [-0.2, -0.15) is 0 Å². The Hall–Kier alpha value is -4.71. The number of pyridine rings is 1. The Kier molecular flexibility index (Phi) is 6.23. The number of para-hydroxylation sites is 1. The average Bonchev–Trinajstić information content (AvgIpc) is 3.73. The summed E-state index contributed by atoms with van der Waals surface area (Å²) in [5, 5.41) is 13.8. The average molecular weight is 516 g/mol. The van der Waals surface area contributed by atoms with Crippen LogP contribution >= 0.6 is 0 Å². The third-order valence-corrected chi connectivity index (χ3v) is 7.70. The van der Waals surface area contributed by atoms with Crippen molar-refractivity contribution in [2.24, 2.45) is 0 Å². The third kappa shape index (κ3) is 4.70. The minimum Gasteiger partial charge on any atom is -0.481 e. The zero-order valence-electron chi connectivity index (χ0n) is 22.0. The van der Waals surface area contributed by atoms with Crippen LogP contribution in [0.25, 0.3) is 22.5 Å². The van der Waals surface area contributed by atoms with Gasteiger partial charge in [-0.3, -0.25) is 4.79 Å². The van der Waals surface area contributed by atoms with Crippen LogP contribution in [-0.4, -0.2) is 28.3 Å². The van der Waals surface area contributed by atoms with Crippen molar-refractivity contribution < 1.29 is 14.4 Å². The lowest BCUT2D eigenvalue weighted by Crippen LogP contribution is -2.19. The van der Waals surface area contributed by atoms with Crippen molar-refractivity contribution in [1.29, 1.82) is 0 Å². The number of aromatic nitrogens is 2. The number of benzene rings is 3. The van der Waals surface area contributed by atoms with Crippen LogP contribution in [0, 0.1) is 6.92 Å². The van der Waals surface area contributed by atoms with Crippen LogP contribution in [0.3, 0.4) is 0 Å². The fourth-order valence-electron chi connectivity index (χ4n) is 5.09. The summed E-state index contributed by atoms with van der Waals surface area (Å²) in [5.74, 6) is 0.888. The van der Waals surface area contributed by atoms with Crippen molar-refractivity contribution in [1.82, 2.24) is 10.1 Å². The standard InChI is InChI=1S/C33H29N3O3/c1-22-29(21-27-7-6-10-30(34-27)36(2)28-8-4-3-5-9-28)31(39-35-22)25-13-11-23(12-14-25)24-15-17-26(18-16-24)33(19-20-33)32(37)38/h3-18H,19-21H2,1-2H3,(H,37,38). The first-order chi connectivity index (χ1) is 18.9. The van der Waals surface area contributed by atoms with Crippen molar-refractivity contribution in [3.05, 3.63) is 120 Å². The molecule has 1 aliphatic rings. The maximum Gasteiger partial charge on any atom is 0.314 e. The first-order valence-corrected chi connectivity index (χ1v) is 13.1. The van der Waals surface area contributed by atoms with Crippen molar-refractivity contribution in [3.63, 3.8) is 0 Å². The van der Waals surface area contributed by atoms with E-state index in [2.05, 4.69) is 34.3 Å². The highest BCUT2D eigenvalue weighted by molar-refractivity contribution is 5.85. The molecule has 0 bridgehead atoms. The SMILES string of the molecule is Cc1noc(-c2ccc(-c3ccc(C4(C(=O)O)CC4)cc3)cc2)c1Cc1cccc(N(C)c2ccccc2)n1. The van der Waals surface area contributed by atoms with Crippen LogP contribution < -0.4 is 4.90 Å². The number of hydrogen-bond acceptors (Lipinski definition) is 5. The smallest absolute Gasteiger partial charge is 0.314 e. The molecule has 1 aliphatic carbocycles. The van der Waals surface area contributed by atoms with Crippen molar-refractivity contribution in [2.75, 3.05) is 11.9 Å². The Morgan fingerprint density at radius 1 is 0.872 bits per heavy atom. The van der Waals surface area contributed by atoms with Gasteiger partial charge in [0.25, 0.3) is 0 Å². The summed E-state index contributed by atoms with van der Waals surface area (Å²) in [7, 11) is 2.02. The number of aliphatic carboxylic acids is 1. The molecule has 0 saturated heterocycles. The quantitative estimate of drug-likeness (QED) is 0.236. The Morgan fingerprint density at radius 2 is 1.51 bits per heavy atom. The van der Waals surface area contributed by atoms with E-state index in [1.54, 1.807) is 0 Å². The van der Waals surface area contributed by atoms with E-state index in [1.807, 2.05) is 86.8 Å². The molecule has 2 aromatic heterocycles. The van der Waals surface area contributed by atoms with Gasteiger partial charge in [-0.1, -0.05) is 78.0 Å². The molecule has 3 aromatic carbocycles. The minimum atomic E-state index is -0.733. The van der Waals surface area contributed by atoms with Gasteiger partial charge in [0, 0.05) is 36.0 Å². The monoisotopic (exact) mass is 515 g/mol. The van der Waals surface area contributed by atoms with Gasteiger partial charge in [0.05, 0.1) is 11.1 Å². The molecule has 2 heterocycles. The molecule has 6 nitrogen and oxygen atoms in total. The summed E-state index contributed by atoms with van der Waals surface area (Å²) in [4.78, 5) is 18.6. The number of anilines is 2. The lowest BCUT2D eigenvalue weighted by atomic mass is 9.93. The molecular weight excluding hydrogens is 486 g/mol. The molecule has 0 atom stereocenters. The van der Waals surface area contributed by atoms with Crippen LogP contribution in [-0.2, 0) is 16.6 Å². The summed E-state index contributed by atoms with van der Waals surface area (Å²) in [6.07, 6.45) is 2.02. The fraction of sp³-hybridized carbons (Fsp3) is 0.182. The molecule has 194 valence electrons. The molecule has 39 heavy (non-hydrogen) atoms. The lowest BCUT2D eigenvalue weighted by molar-refractivity contribution is -0.140. The van der Waals surface area contributed by atoms with E-state index in [-0.39, 0.29) is 0 Å². The Balaban J connectivity index is 1.22. The van der Waals surface area contributed by atoms with Gasteiger partial charge in [0.1, 0.15) is 5.82 Å². The number of carboxylic acid groups (broad SMARTS) is 1. The number of hydrogen-bond donors (Lipinski definition) is 1. The van der Waals surface area contributed by atoms with E-state index < -0.39 is 11.4 Å². The van der Waals surface area contributed by atoms with E-state index in [1.165, 1.54) is 0 Å². The van der Waals surface area contributed by atoms with Gasteiger partial charge in [0.2, 0.25) is 0 Å². The predicted molar refractivity (Wildman–Crippen MR) is 152 cm³/mol. The Labute approximate surface area is 227 Å². The number of nitrogens with zero attached hydrogens (tertiary/aromatic N) is 3. The second-order valence-electron chi connectivity index (χ2n) is 10.2. The van der Waals surface area contributed by atoms with Gasteiger partial charge >= 0.3 is 5.97 Å². The summed E-state index contributed by atoms with van der Waals surface area (Å²) in [5.41, 5.74) is 7.13. The molecule has 1 saturated carbocycles. The van der Waals surface area contributed by atoms with E-state index in [4.69, 9.17) is 9.51 Å². The predicted octanol–water partition coefficient (Wildman–Crippen LogP) is 7.19. The highest BCUT2D eigenvalue weighted by Crippen LogP contribution is 2.48. The van der Waals surface area contributed by atoms with E-state index in [9.17, 15) is 9.90 Å². The lowest BCUT2D eigenvalue weighted by Gasteiger charge is -2.19. The first-order valence-electron chi connectivity index (χ1n) is 13.1. The summed E-state index contributed by atoms with van der Waals surface area (Å²) in [6.45, 7) is 1.96. The van der Waals surface area contributed by atoms with Crippen molar-refractivity contribution in [2.45, 2.75) is 31.6 Å². The zero-order valence-corrected chi connectivity index (χ0v) is 22.0. The summed E-state index contributed by atoms with van der Waals surface area (Å²) < 4.78 is 5.79. The molecule has 0 radical (unpaired) electrons. The number of aryl methyl sites for hydroxylation is 1. The van der Waals surface area contributed by atoms with Gasteiger partial charge in [-0.05, 0) is 60.7 Å². The topological polar surface area (TPSA) is 79.5 Å². The van der Waals surface area contributed by atoms with Gasteiger partial charge in [-0.25, -0.2) is 4.98 Å². The van der Waals surface area contributed by atoms with E-state index >= 15 is 0 Å². The van der Waals surface area contributed by atoms with Crippen molar-refractivity contribution >= 4 is 17.5 Å². The highest BCUT2D eigenvalue weighted by Gasteiger charge is 2.51. The second kappa shape index (κ2) is 9.87. The molecule has 6 heteroatoms. The minimum absolute atomic E-state index is 0.607. The van der Waals surface area contributed by atoms with Gasteiger partial charge in [-0.15, -0.1) is 0 Å². The maximum absolute atomic E-state index is 11.6. The third-order valence-electron chi connectivity index (χ3n) is 7.70. The molecular formula is C33H29N3O3. The molecule has 0 aliphatic heterocycles. The molecule has 1 fully saturated rings. The van der Waals surface area contributed by atoms with Crippen LogP contribution in [0.5, 0.6) is 0 Å².